The van der Waals surface area contributed by atoms with Gasteiger partial charge in [-0.1, -0.05) is 19.3 Å². The van der Waals surface area contributed by atoms with Gasteiger partial charge >= 0.3 is 12.1 Å². The zero-order chi connectivity index (χ0) is 11.5. The van der Waals surface area contributed by atoms with Gasteiger partial charge in [-0.2, -0.15) is 18.4 Å². The third kappa shape index (κ3) is 2.85. The molecular formula is C9H11F3N2O. The Labute approximate surface area is 85.3 Å². The molecule has 6 heteroatoms. The fourth-order valence-corrected chi connectivity index (χ4v) is 1.71. The van der Waals surface area contributed by atoms with E-state index < -0.39 is 17.6 Å². The molecule has 0 atom stereocenters. The van der Waals surface area contributed by atoms with Crippen LogP contribution in [0.3, 0.4) is 0 Å². The largest absolute Gasteiger partial charge is 0.471 e. The smallest absolute Gasteiger partial charge is 0.330 e. The number of halogens is 3. The van der Waals surface area contributed by atoms with Crippen molar-refractivity contribution in [2.75, 3.05) is 0 Å². The van der Waals surface area contributed by atoms with Crippen molar-refractivity contribution < 1.29 is 18.0 Å². The molecule has 15 heavy (non-hydrogen) atoms. The minimum absolute atomic E-state index is 0.297. The lowest BCUT2D eigenvalue weighted by molar-refractivity contribution is -0.175. The van der Waals surface area contributed by atoms with Crippen molar-refractivity contribution in [1.29, 1.82) is 5.26 Å². The number of carbonyl (C=O) groups excluding carboxylic acids is 1. The SMILES string of the molecule is N#CC1(NC(=O)C(F)(F)F)CCCCC1. The summed E-state index contributed by atoms with van der Waals surface area (Å²) in [5.74, 6) is -2.02. The maximum atomic E-state index is 12.0. The summed E-state index contributed by atoms with van der Waals surface area (Å²) >= 11 is 0. The second kappa shape index (κ2) is 4.09. The molecule has 0 aliphatic heterocycles. The van der Waals surface area contributed by atoms with E-state index in [1.165, 1.54) is 0 Å². The first-order valence-corrected chi connectivity index (χ1v) is 4.70. The molecule has 0 unspecified atom stereocenters. The van der Waals surface area contributed by atoms with Crippen LogP contribution in [-0.4, -0.2) is 17.6 Å². The third-order valence-corrected chi connectivity index (χ3v) is 2.53. The van der Waals surface area contributed by atoms with Crippen LogP contribution in [-0.2, 0) is 4.79 Å². The normalized spacial score (nSPS) is 20.4. The summed E-state index contributed by atoms with van der Waals surface area (Å²) in [7, 11) is 0. The van der Waals surface area contributed by atoms with E-state index in [1.807, 2.05) is 0 Å². The quantitative estimate of drug-likeness (QED) is 0.733. The standard InChI is InChI=1S/C9H11F3N2O/c10-9(11,12)7(15)14-8(6-13)4-2-1-3-5-8/h1-5H2,(H,14,15). The molecule has 0 aromatic carbocycles. The van der Waals surface area contributed by atoms with Gasteiger partial charge in [-0.15, -0.1) is 0 Å². The van der Waals surface area contributed by atoms with Gasteiger partial charge in [0.2, 0.25) is 0 Å². The Bertz CT molecular complexity index is 287. The fourth-order valence-electron chi connectivity index (χ4n) is 1.71. The van der Waals surface area contributed by atoms with E-state index in [-0.39, 0.29) is 0 Å². The van der Waals surface area contributed by atoms with Gasteiger partial charge in [-0.05, 0) is 12.8 Å². The highest BCUT2D eigenvalue weighted by Gasteiger charge is 2.44. The molecule has 0 bridgehead atoms. The summed E-state index contributed by atoms with van der Waals surface area (Å²) in [4.78, 5) is 10.7. The first kappa shape index (κ1) is 11.8. The number of amides is 1. The Hall–Kier alpha value is -1.25. The predicted octanol–water partition coefficient (Wildman–Crippen LogP) is 1.89. The fraction of sp³-hybridized carbons (Fsp3) is 0.778. The first-order chi connectivity index (χ1) is 6.90. The Kier molecular flexibility index (Phi) is 3.22. The number of hydrogen-bond acceptors (Lipinski definition) is 2. The van der Waals surface area contributed by atoms with E-state index >= 15 is 0 Å². The van der Waals surface area contributed by atoms with E-state index in [2.05, 4.69) is 0 Å². The van der Waals surface area contributed by atoms with E-state index in [9.17, 15) is 18.0 Å². The minimum atomic E-state index is -4.92. The maximum Gasteiger partial charge on any atom is 0.471 e. The van der Waals surface area contributed by atoms with Crippen molar-refractivity contribution in [3.05, 3.63) is 0 Å². The molecule has 1 aliphatic rings. The summed E-state index contributed by atoms with van der Waals surface area (Å²) in [6.45, 7) is 0. The second-order valence-electron chi connectivity index (χ2n) is 3.71. The Morgan fingerprint density at radius 3 is 2.20 bits per heavy atom. The molecule has 1 aliphatic carbocycles. The van der Waals surface area contributed by atoms with Crippen LogP contribution < -0.4 is 5.32 Å². The maximum absolute atomic E-state index is 12.0. The van der Waals surface area contributed by atoms with E-state index in [0.717, 1.165) is 6.42 Å². The monoisotopic (exact) mass is 220 g/mol. The van der Waals surface area contributed by atoms with Gasteiger partial charge < -0.3 is 5.32 Å². The molecule has 1 saturated carbocycles. The number of rotatable bonds is 1. The highest BCUT2D eigenvalue weighted by Crippen LogP contribution is 2.28. The highest BCUT2D eigenvalue weighted by atomic mass is 19.4. The number of nitriles is 1. The number of alkyl halides is 3. The van der Waals surface area contributed by atoms with Crippen LogP contribution in [0.4, 0.5) is 13.2 Å². The van der Waals surface area contributed by atoms with Crippen LogP contribution in [0.5, 0.6) is 0 Å². The van der Waals surface area contributed by atoms with Crippen LogP contribution >= 0.6 is 0 Å². The van der Waals surface area contributed by atoms with Gasteiger partial charge in [0.25, 0.3) is 0 Å². The topological polar surface area (TPSA) is 52.9 Å². The van der Waals surface area contributed by atoms with Gasteiger partial charge in [0, 0.05) is 0 Å². The van der Waals surface area contributed by atoms with Gasteiger partial charge in [0.05, 0.1) is 6.07 Å². The molecule has 0 aromatic rings. The zero-order valence-corrected chi connectivity index (χ0v) is 8.02. The number of nitrogens with zero attached hydrogens (tertiary/aromatic N) is 1. The number of hydrogen-bond donors (Lipinski definition) is 1. The molecular weight excluding hydrogens is 209 g/mol. The molecule has 0 saturated heterocycles. The predicted molar refractivity (Wildman–Crippen MR) is 45.6 cm³/mol. The molecule has 0 heterocycles. The first-order valence-electron chi connectivity index (χ1n) is 4.70. The lowest BCUT2D eigenvalue weighted by atomic mass is 9.83. The van der Waals surface area contributed by atoms with Crippen LogP contribution in [0.1, 0.15) is 32.1 Å². The average molecular weight is 220 g/mol. The lowest BCUT2D eigenvalue weighted by Crippen LogP contribution is -2.52. The number of nitrogens with one attached hydrogen (secondary N) is 1. The third-order valence-electron chi connectivity index (χ3n) is 2.53. The van der Waals surface area contributed by atoms with Crippen molar-refractivity contribution >= 4 is 5.91 Å². The van der Waals surface area contributed by atoms with E-state index in [1.54, 1.807) is 11.4 Å². The molecule has 1 N–H and O–H groups in total. The Morgan fingerprint density at radius 1 is 1.27 bits per heavy atom. The van der Waals surface area contributed by atoms with Crippen molar-refractivity contribution in [1.82, 2.24) is 5.32 Å². The lowest BCUT2D eigenvalue weighted by Gasteiger charge is -2.31. The molecule has 3 nitrogen and oxygen atoms in total. The van der Waals surface area contributed by atoms with Crippen LogP contribution in [0, 0.1) is 11.3 Å². The van der Waals surface area contributed by atoms with Crippen molar-refractivity contribution in [3.63, 3.8) is 0 Å². The van der Waals surface area contributed by atoms with Crippen LogP contribution in [0.15, 0.2) is 0 Å². The van der Waals surface area contributed by atoms with Crippen LogP contribution in [0.25, 0.3) is 0 Å². The van der Waals surface area contributed by atoms with Crippen LogP contribution in [0.2, 0.25) is 0 Å². The molecule has 1 fully saturated rings. The zero-order valence-electron chi connectivity index (χ0n) is 8.02. The molecule has 1 rings (SSSR count). The summed E-state index contributed by atoms with van der Waals surface area (Å²) in [5.41, 5.74) is -1.31. The van der Waals surface area contributed by atoms with Crippen molar-refractivity contribution in [3.8, 4) is 6.07 Å². The van der Waals surface area contributed by atoms with Gasteiger partial charge in [0.1, 0.15) is 5.54 Å². The van der Waals surface area contributed by atoms with E-state index in [0.29, 0.717) is 25.7 Å². The molecule has 1 amide bonds. The van der Waals surface area contributed by atoms with Gasteiger partial charge in [-0.3, -0.25) is 4.79 Å². The molecule has 0 radical (unpaired) electrons. The van der Waals surface area contributed by atoms with Gasteiger partial charge in [0.15, 0.2) is 0 Å². The van der Waals surface area contributed by atoms with E-state index in [4.69, 9.17) is 5.26 Å². The minimum Gasteiger partial charge on any atom is -0.330 e. The molecule has 84 valence electrons. The molecule has 0 aromatic heterocycles. The second-order valence-corrected chi connectivity index (χ2v) is 3.71. The Morgan fingerprint density at radius 2 is 1.80 bits per heavy atom. The summed E-state index contributed by atoms with van der Waals surface area (Å²) in [6.07, 6.45) is -2.08. The van der Waals surface area contributed by atoms with Crippen molar-refractivity contribution in [2.45, 2.75) is 43.8 Å². The van der Waals surface area contributed by atoms with Gasteiger partial charge in [-0.25, -0.2) is 0 Å². The van der Waals surface area contributed by atoms with Crippen molar-refractivity contribution in [2.24, 2.45) is 0 Å². The summed E-state index contributed by atoms with van der Waals surface area (Å²) in [5, 5.41) is 10.6. The summed E-state index contributed by atoms with van der Waals surface area (Å²) in [6, 6.07) is 1.79. The summed E-state index contributed by atoms with van der Waals surface area (Å²) < 4.78 is 36.0. The number of carbonyl (C=O) groups is 1. The highest BCUT2D eigenvalue weighted by molar-refractivity contribution is 5.82. The molecule has 0 spiro atoms. The Balaban J connectivity index is 2.69. The average Bonchev–Trinajstić information content (AvgIpc) is 2.18.